The Morgan fingerprint density at radius 1 is 1.13 bits per heavy atom. The smallest absolute Gasteiger partial charge is 0.258 e. The molecule has 0 bridgehead atoms. The molecule has 2 aromatic carbocycles. The van der Waals surface area contributed by atoms with Crippen LogP contribution in [-0.4, -0.2) is 32.9 Å². The lowest BCUT2D eigenvalue weighted by Crippen LogP contribution is -2.14. The number of hydrogen-bond donors (Lipinski definition) is 2. The van der Waals surface area contributed by atoms with Crippen molar-refractivity contribution in [1.29, 1.82) is 0 Å². The highest BCUT2D eigenvalue weighted by atomic mass is 19.1. The van der Waals surface area contributed by atoms with Crippen LogP contribution in [-0.2, 0) is 11.3 Å². The molecule has 1 saturated carbocycles. The second-order valence-corrected chi connectivity index (χ2v) is 7.68. The van der Waals surface area contributed by atoms with Gasteiger partial charge >= 0.3 is 0 Å². The van der Waals surface area contributed by atoms with E-state index in [0.29, 0.717) is 34.7 Å². The van der Waals surface area contributed by atoms with Gasteiger partial charge in [-0.1, -0.05) is 17.3 Å². The predicted octanol–water partition coefficient (Wildman–Crippen LogP) is 4.34. The van der Waals surface area contributed by atoms with Gasteiger partial charge in [-0.2, -0.15) is 0 Å². The minimum atomic E-state index is -0.601. The lowest BCUT2D eigenvalue weighted by atomic mass is 10.1. The summed E-state index contributed by atoms with van der Waals surface area (Å²) in [5.74, 6) is -0.408. The van der Waals surface area contributed by atoms with Gasteiger partial charge in [-0.3, -0.25) is 4.79 Å². The first-order valence-corrected chi connectivity index (χ1v) is 10.1. The van der Waals surface area contributed by atoms with Crippen LogP contribution in [0.5, 0.6) is 0 Å². The van der Waals surface area contributed by atoms with Crippen molar-refractivity contribution in [2.75, 3.05) is 11.9 Å². The Morgan fingerprint density at radius 2 is 1.97 bits per heavy atom. The molecule has 8 heteroatoms. The van der Waals surface area contributed by atoms with E-state index in [1.807, 2.05) is 12.1 Å². The third kappa shape index (κ3) is 4.44. The van der Waals surface area contributed by atoms with Crippen LogP contribution in [0.2, 0.25) is 0 Å². The SMILES string of the molecule is O=C(Nc1ccc(COCC2CC2)cc1)c1cc(-c2ccc3nn[nH]c3n2)ccc1F. The maximum atomic E-state index is 14.4. The molecule has 2 aromatic heterocycles. The highest BCUT2D eigenvalue weighted by Gasteiger charge is 2.21. The number of ether oxygens (including phenoxy) is 1. The summed E-state index contributed by atoms with van der Waals surface area (Å²) < 4.78 is 20.1. The predicted molar refractivity (Wildman–Crippen MR) is 114 cm³/mol. The van der Waals surface area contributed by atoms with Gasteiger partial charge in [-0.15, -0.1) is 5.10 Å². The third-order valence-electron chi connectivity index (χ3n) is 5.23. The van der Waals surface area contributed by atoms with Crippen molar-refractivity contribution in [3.63, 3.8) is 0 Å². The lowest BCUT2D eigenvalue weighted by Gasteiger charge is -2.09. The topological polar surface area (TPSA) is 92.8 Å². The Morgan fingerprint density at radius 3 is 2.77 bits per heavy atom. The van der Waals surface area contributed by atoms with Gasteiger partial charge in [0.25, 0.3) is 5.91 Å². The van der Waals surface area contributed by atoms with Crippen LogP contribution in [0, 0.1) is 11.7 Å². The highest BCUT2D eigenvalue weighted by molar-refractivity contribution is 6.05. The number of benzene rings is 2. The molecular formula is C23H20FN5O2. The van der Waals surface area contributed by atoms with E-state index in [1.165, 1.54) is 25.0 Å². The summed E-state index contributed by atoms with van der Waals surface area (Å²) >= 11 is 0. The first-order valence-electron chi connectivity index (χ1n) is 10.1. The largest absolute Gasteiger partial charge is 0.376 e. The Hall–Kier alpha value is -3.65. The van der Waals surface area contributed by atoms with Crippen LogP contribution in [0.1, 0.15) is 28.8 Å². The molecule has 0 spiro atoms. The molecule has 0 unspecified atom stereocenters. The van der Waals surface area contributed by atoms with Gasteiger partial charge in [0.15, 0.2) is 5.65 Å². The molecule has 1 aliphatic carbocycles. The number of nitrogens with one attached hydrogen (secondary N) is 2. The van der Waals surface area contributed by atoms with Crippen molar-refractivity contribution >= 4 is 22.8 Å². The quantitative estimate of drug-likeness (QED) is 0.467. The normalized spacial score (nSPS) is 13.5. The molecule has 0 radical (unpaired) electrons. The molecule has 2 heterocycles. The first kappa shape index (κ1) is 19.3. The molecular weight excluding hydrogens is 397 g/mol. The average molecular weight is 417 g/mol. The van der Waals surface area contributed by atoms with Crippen LogP contribution >= 0.6 is 0 Å². The Kier molecular flexibility index (Phi) is 5.13. The molecule has 0 saturated heterocycles. The first-order chi connectivity index (χ1) is 15.2. The van der Waals surface area contributed by atoms with Crippen LogP contribution in [0.25, 0.3) is 22.4 Å². The standard InChI is InChI=1S/C23H20FN5O2/c24-19-8-5-16(20-9-10-21-22(26-20)28-29-27-21)11-18(19)23(30)25-17-6-3-15(4-7-17)13-31-12-14-1-2-14/h3-11,14H,1-2,12-13H2,(H,25,30)(H,26,27,28,29). The molecule has 1 aliphatic rings. The van der Waals surface area contributed by atoms with Gasteiger partial charge in [-0.25, -0.2) is 14.5 Å². The molecule has 0 aliphatic heterocycles. The number of anilines is 1. The number of carbonyl (C=O) groups excluding carboxylic acids is 1. The van der Waals surface area contributed by atoms with Crippen molar-refractivity contribution in [1.82, 2.24) is 20.4 Å². The fourth-order valence-corrected chi connectivity index (χ4v) is 3.27. The summed E-state index contributed by atoms with van der Waals surface area (Å²) in [5, 5.41) is 13.1. The summed E-state index contributed by atoms with van der Waals surface area (Å²) in [7, 11) is 0. The molecule has 7 nitrogen and oxygen atoms in total. The van der Waals surface area contributed by atoms with Crippen LogP contribution in [0.15, 0.2) is 54.6 Å². The molecule has 4 aromatic rings. The van der Waals surface area contributed by atoms with E-state index in [-0.39, 0.29) is 5.56 Å². The van der Waals surface area contributed by atoms with E-state index in [0.717, 1.165) is 18.1 Å². The van der Waals surface area contributed by atoms with Crippen molar-refractivity contribution in [2.24, 2.45) is 5.92 Å². The number of hydrogen-bond acceptors (Lipinski definition) is 5. The zero-order valence-corrected chi connectivity index (χ0v) is 16.6. The fourth-order valence-electron chi connectivity index (χ4n) is 3.27. The number of H-pyrrole nitrogens is 1. The maximum Gasteiger partial charge on any atom is 0.258 e. The minimum absolute atomic E-state index is 0.0565. The third-order valence-corrected chi connectivity index (χ3v) is 5.23. The molecule has 156 valence electrons. The number of amides is 1. The van der Waals surface area contributed by atoms with Crippen molar-refractivity contribution < 1.29 is 13.9 Å². The highest BCUT2D eigenvalue weighted by Crippen LogP contribution is 2.29. The van der Waals surface area contributed by atoms with Gasteiger partial charge in [0, 0.05) is 17.9 Å². The number of carbonyl (C=O) groups is 1. The Labute approximate surface area is 177 Å². The van der Waals surface area contributed by atoms with Gasteiger partial charge in [0.1, 0.15) is 11.3 Å². The van der Waals surface area contributed by atoms with Crippen LogP contribution in [0.4, 0.5) is 10.1 Å². The van der Waals surface area contributed by atoms with Gasteiger partial charge in [-0.05, 0) is 66.8 Å². The summed E-state index contributed by atoms with van der Waals surface area (Å²) in [4.78, 5) is 17.1. The maximum absolute atomic E-state index is 14.4. The van der Waals surface area contributed by atoms with Crippen LogP contribution < -0.4 is 5.32 Å². The molecule has 5 rings (SSSR count). The number of rotatable bonds is 7. The van der Waals surface area contributed by atoms with E-state index in [4.69, 9.17) is 4.74 Å². The number of aromatic nitrogens is 4. The lowest BCUT2D eigenvalue weighted by molar-refractivity contribution is 0.102. The van der Waals surface area contributed by atoms with E-state index >= 15 is 0 Å². The second kappa shape index (κ2) is 8.23. The van der Waals surface area contributed by atoms with Gasteiger partial charge in [0.2, 0.25) is 0 Å². The molecule has 2 N–H and O–H groups in total. The van der Waals surface area contributed by atoms with E-state index in [2.05, 4.69) is 25.7 Å². The van der Waals surface area contributed by atoms with Crippen LogP contribution in [0.3, 0.4) is 0 Å². The molecule has 0 atom stereocenters. The zero-order valence-electron chi connectivity index (χ0n) is 16.6. The second-order valence-electron chi connectivity index (χ2n) is 7.68. The number of aromatic amines is 1. The zero-order chi connectivity index (χ0) is 21.2. The Balaban J connectivity index is 1.29. The number of fused-ring (bicyclic) bond motifs is 1. The fraction of sp³-hybridized carbons (Fsp3) is 0.217. The van der Waals surface area contributed by atoms with Crippen molar-refractivity contribution in [3.05, 3.63) is 71.5 Å². The number of halogens is 1. The average Bonchev–Trinajstić information content (AvgIpc) is 3.49. The Bertz CT molecular complexity index is 1230. The van der Waals surface area contributed by atoms with E-state index < -0.39 is 11.7 Å². The summed E-state index contributed by atoms with van der Waals surface area (Å²) in [6.45, 7) is 1.34. The van der Waals surface area contributed by atoms with Crippen molar-refractivity contribution in [2.45, 2.75) is 19.4 Å². The minimum Gasteiger partial charge on any atom is -0.376 e. The van der Waals surface area contributed by atoms with Gasteiger partial charge in [0.05, 0.1) is 17.9 Å². The monoisotopic (exact) mass is 417 g/mol. The number of nitrogens with zero attached hydrogens (tertiary/aromatic N) is 3. The molecule has 1 fully saturated rings. The van der Waals surface area contributed by atoms with Gasteiger partial charge < -0.3 is 10.1 Å². The summed E-state index contributed by atoms with van der Waals surface area (Å²) in [5.41, 5.74) is 3.91. The van der Waals surface area contributed by atoms with E-state index in [1.54, 1.807) is 30.3 Å². The van der Waals surface area contributed by atoms with E-state index in [9.17, 15) is 9.18 Å². The number of pyridine rings is 1. The van der Waals surface area contributed by atoms with Crippen molar-refractivity contribution in [3.8, 4) is 11.3 Å². The summed E-state index contributed by atoms with van der Waals surface area (Å²) in [6, 6.07) is 15.2. The molecule has 31 heavy (non-hydrogen) atoms. The summed E-state index contributed by atoms with van der Waals surface area (Å²) in [6.07, 6.45) is 2.52. The molecule has 1 amide bonds.